The summed E-state index contributed by atoms with van der Waals surface area (Å²) >= 11 is 0. The molecule has 0 spiro atoms. The van der Waals surface area contributed by atoms with Gasteiger partial charge in [0.15, 0.2) is 17.5 Å². The van der Waals surface area contributed by atoms with Gasteiger partial charge in [-0.25, -0.2) is 4.39 Å². The topological polar surface area (TPSA) is 55.4 Å². The lowest BCUT2D eigenvalue weighted by molar-refractivity contribution is 0.116. The molecule has 0 aromatic heterocycles. The van der Waals surface area contributed by atoms with Crippen LogP contribution in [0.2, 0.25) is 0 Å². The number of rotatable bonds is 6. The smallest absolute Gasteiger partial charge is 0.191 e. The van der Waals surface area contributed by atoms with E-state index in [4.69, 9.17) is 4.74 Å². The Morgan fingerprint density at radius 1 is 1.20 bits per heavy atom. The lowest BCUT2D eigenvalue weighted by Gasteiger charge is -2.38. The molecular formula is C22H37FN6O. The number of methoxy groups -OCH3 is 1. The number of hydrogen-bond donors (Lipinski definition) is 2. The summed E-state index contributed by atoms with van der Waals surface area (Å²) in [4.78, 5) is 11.6. The highest BCUT2D eigenvalue weighted by atomic mass is 19.1. The van der Waals surface area contributed by atoms with Gasteiger partial charge in [-0.1, -0.05) is 6.07 Å². The van der Waals surface area contributed by atoms with Gasteiger partial charge in [0.1, 0.15) is 0 Å². The third-order valence-electron chi connectivity index (χ3n) is 6.26. The lowest BCUT2D eigenvalue weighted by atomic mass is 10.0. The fraction of sp³-hybridized carbons (Fsp3) is 0.682. The average Bonchev–Trinajstić information content (AvgIpc) is 2.74. The minimum Gasteiger partial charge on any atom is -0.494 e. The summed E-state index contributed by atoms with van der Waals surface area (Å²) in [5, 5.41) is 7.09. The molecule has 2 saturated heterocycles. The second-order valence-corrected chi connectivity index (χ2v) is 8.51. The molecule has 7 nitrogen and oxygen atoms in total. The van der Waals surface area contributed by atoms with Crippen molar-refractivity contribution in [1.29, 1.82) is 0 Å². The van der Waals surface area contributed by atoms with Crippen molar-refractivity contribution in [2.75, 3.05) is 67.5 Å². The number of ether oxygens (including phenoxy) is 1. The zero-order chi connectivity index (χ0) is 21.5. The van der Waals surface area contributed by atoms with Crippen molar-refractivity contribution in [3.8, 4) is 5.75 Å². The molecule has 2 N–H and O–H groups in total. The molecule has 3 rings (SSSR count). The summed E-state index contributed by atoms with van der Waals surface area (Å²) in [7, 11) is 7.70. The predicted octanol–water partition coefficient (Wildman–Crippen LogP) is 1.21. The summed E-state index contributed by atoms with van der Waals surface area (Å²) in [6.45, 7) is 6.93. The summed E-state index contributed by atoms with van der Waals surface area (Å²) < 4.78 is 18.9. The summed E-state index contributed by atoms with van der Waals surface area (Å²) in [6.07, 6.45) is 2.09. The van der Waals surface area contributed by atoms with Crippen LogP contribution >= 0.6 is 0 Å². The monoisotopic (exact) mass is 420 g/mol. The number of likely N-dealkylation sites (tertiary alicyclic amines) is 1. The largest absolute Gasteiger partial charge is 0.494 e. The number of aliphatic imine (C=N–C) groups is 1. The van der Waals surface area contributed by atoms with E-state index in [0.717, 1.165) is 70.2 Å². The van der Waals surface area contributed by atoms with E-state index in [2.05, 4.69) is 44.4 Å². The number of nitrogens with one attached hydrogen (secondary N) is 2. The van der Waals surface area contributed by atoms with Gasteiger partial charge in [-0.2, -0.15) is 0 Å². The van der Waals surface area contributed by atoms with E-state index in [0.29, 0.717) is 17.8 Å². The minimum absolute atomic E-state index is 0.295. The van der Waals surface area contributed by atoms with Crippen LogP contribution in [0.15, 0.2) is 23.2 Å². The van der Waals surface area contributed by atoms with Crippen LogP contribution in [-0.2, 0) is 6.54 Å². The summed E-state index contributed by atoms with van der Waals surface area (Å²) in [6, 6.07) is 6.13. The van der Waals surface area contributed by atoms with Gasteiger partial charge in [-0.3, -0.25) is 14.8 Å². The maximum Gasteiger partial charge on any atom is 0.191 e. The van der Waals surface area contributed by atoms with E-state index in [1.807, 2.05) is 13.1 Å². The highest BCUT2D eigenvalue weighted by Gasteiger charge is 2.23. The molecular weight excluding hydrogens is 383 g/mol. The first-order valence-corrected chi connectivity index (χ1v) is 10.9. The number of nitrogens with zero attached hydrogens (tertiary/aromatic N) is 4. The first-order valence-electron chi connectivity index (χ1n) is 10.9. The Balaban J connectivity index is 1.41. The van der Waals surface area contributed by atoms with Crippen LogP contribution in [-0.4, -0.2) is 100 Å². The van der Waals surface area contributed by atoms with Crippen LogP contribution < -0.4 is 15.4 Å². The second-order valence-electron chi connectivity index (χ2n) is 8.51. The van der Waals surface area contributed by atoms with Crippen molar-refractivity contribution in [2.45, 2.75) is 31.5 Å². The van der Waals surface area contributed by atoms with Gasteiger partial charge < -0.3 is 20.3 Å². The van der Waals surface area contributed by atoms with E-state index in [9.17, 15) is 4.39 Å². The van der Waals surface area contributed by atoms with Crippen LogP contribution in [0.3, 0.4) is 0 Å². The molecule has 1 aromatic rings. The van der Waals surface area contributed by atoms with Crippen molar-refractivity contribution in [1.82, 2.24) is 25.3 Å². The Morgan fingerprint density at radius 2 is 1.97 bits per heavy atom. The van der Waals surface area contributed by atoms with E-state index >= 15 is 0 Å². The van der Waals surface area contributed by atoms with E-state index < -0.39 is 0 Å². The van der Waals surface area contributed by atoms with Gasteiger partial charge in [-0.15, -0.1) is 0 Å². The van der Waals surface area contributed by atoms with E-state index in [1.54, 1.807) is 12.1 Å². The highest BCUT2D eigenvalue weighted by molar-refractivity contribution is 5.80. The number of benzene rings is 1. The number of hydrogen-bond acceptors (Lipinski definition) is 5. The third kappa shape index (κ3) is 6.30. The molecule has 0 amide bonds. The number of likely N-dealkylation sites (N-methyl/N-ethyl adjacent to an activating group) is 2. The molecule has 8 heteroatoms. The molecule has 0 bridgehead atoms. The van der Waals surface area contributed by atoms with Crippen molar-refractivity contribution in [2.24, 2.45) is 4.99 Å². The van der Waals surface area contributed by atoms with Crippen molar-refractivity contribution in [3.05, 3.63) is 29.6 Å². The van der Waals surface area contributed by atoms with Crippen molar-refractivity contribution < 1.29 is 9.13 Å². The molecule has 1 unspecified atom stereocenters. The molecule has 0 radical (unpaired) electrons. The van der Waals surface area contributed by atoms with Gasteiger partial charge >= 0.3 is 0 Å². The van der Waals surface area contributed by atoms with Crippen LogP contribution in [0.4, 0.5) is 4.39 Å². The van der Waals surface area contributed by atoms with Gasteiger partial charge in [-0.05, 0) is 44.6 Å². The van der Waals surface area contributed by atoms with Gasteiger partial charge in [0.25, 0.3) is 0 Å². The molecule has 168 valence electrons. The standard InChI is InChI=1S/C22H37FN6O/c1-24-22(25-14-19-16-27(2)11-12-28(19)3)26-18-7-9-29(10-8-18)15-17-5-6-21(30-4)20(23)13-17/h5-6,13,18-19H,7-12,14-16H2,1-4H3,(H2,24,25,26). The lowest BCUT2D eigenvalue weighted by Crippen LogP contribution is -2.56. The van der Waals surface area contributed by atoms with E-state index in [-0.39, 0.29) is 5.82 Å². The third-order valence-corrected chi connectivity index (χ3v) is 6.26. The Kier molecular flexibility index (Phi) is 8.30. The van der Waals surface area contributed by atoms with Crippen molar-refractivity contribution in [3.63, 3.8) is 0 Å². The molecule has 2 heterocycles. The first-order chi connectivity index (χ1) is 14.5. The Labute approximate surface area is 180 Å². The van der Waals surface area contributed by atoms with Crippen LogP contribution in [0, 0.1) is 5.82 Å². The summed E-state index contributed by atoms with van der Waals surface area (Å²) in [5.41, 5.74) is 0.985. The fourth-order valence-corrected chi connectivity index (χ4v) is 4.23. The van der Waals surface area contributed by atoms with Gasteiger partial charge in [0, 0.05) is 64.9 Å². The zero-order valence-electron chi connectivity index (χ0n) is 18.8. The predicted molar refractivity (Wildman–Crippen MR) is 120 cm³/mol. The number of piperidine rings is 1. The number of halogens is 1. The Bertz CT molecular complexity index is 707. The average molecular weight is 421 g/mol. The second kappa shape index (κ2) is 10.9. The van der Waals surface area contributed by atoms with Gasteiger partial charge in [0.2, 0.25) is 0 Å². The number of piperazine rings is 1. The molecule has 2 fully saturated rings. The molecule has 0 saturated carbocycles. The van der Waals surface area contributed by atoms with Crippen LogP contribution in [0.25, 0.3) is 0 Å². The molecule has 1 aromatic carbocycles. The normalized spacial score (nSPS) is 22.8. The molecule has 0 aliphatic carbocycles. The molecule has 2 aliphatic heterocycles. The maximum absolute atomic E-state index is 13.9. The number of guanidine groups is 1. The maximum atomic E-state index is 13.9. The Hall–Kier alpha value is -1.90. The SMILES string of the molecule is CN=C(NCC1CN(C)CCN1C)NC1CCN(Cc2ccc(OC)c(F)c2)CC1. The molecule has 2 aliphatic rings. The Morgan fingerprint density at radius 3 is 2.63 bits per heavy atom. The molecule has 1 atom stereocenters. The first kappa shape index (κ1) is 22.8. The highest BCUT2D eigenvalue weighted by Crippen LogP contribution is 2.20. The van der Waals surface area contributed by atoms with Gasteiger partial charge in [0.05, 0.1) is 7.11 Å². The molecule has 30 heavy (non-hydrogen) atoms. The zero-order valence-corrected chi connectivity index (χ0v) is 18.8. The van der Waals surface area contributed by atoms with Crippen LogP contribution in [0.5, 0.6) is 5.75 Å². The van der Waals surface area contributed by atoms with Crippen molar-refractivity contribution >= 4 is 5.96 Å². The quantitative estimate of drug-likeness (QED) is 0.533. The minimum atomic E-state index is -0.295. The summed E-state index contributed by atoms with van der Waals surface area (Å²) in [5.74, 6) is 0.884. The fourth-order valence-electron chi connectivity index (χ4n) is 4.23. The van der Waals surface area contributed by atoms with E-state index in [1.165, 1.54) is 7.11 Å². The van der Waals surface area contributed by atoms with Crippen LogP contribution in [0.1, 0.15) is 18.4 Å².